The number of carbonyl (C=O) groups is 2. The smallest absolute Gasteiger partial charge is 0.254 e. The Hall–Kier alpha value is -2.80. The Balaban J connectivity index is 1.77. The summed E-state index contributed by atoms with van der Waals surface area (Å²) in [5, 5.41) is 4.95. The summed E-state index contributed by atoms with van der Waals surface area (Å²) in [4.78, 5) is 23.6. The van der Waals surface area contributed by atoms with Crippen LogP contribution in [-0.2, 0) is 22.7 Å². The van der Waals surface area contributed by atoms with Crippen LogP contribution in [0.2, 0.25) is 0 Å². The van der Waals surface area contributed by atoms with Crippen LogP contribution in [0.5, 0.6) is 0 Å². The molecule has 0 radical (unpaired) electrons. The van der Waals surface area contributed by atoms with Crippen molar-refractivity contribution in [2.75, 3.05) is 13.2 Å². The van der Waals surface area contributed by atoms with E-state index in [4.69, 9.17) is 4.74 Å². The van der Waals surface area contributed by atoms with Crippen LogP contribution in [0.1, 0.15) is 28.4 Å². The zero-order chi connectivity index (χ0) is 18.9. The van der Waals surface area contributed by atoms with E-state index in [-0.39, 0.29) is 12.1 Å². The van der Waals surface area contributed by atoms with Gasteiger partial charge in [-0.3, -0.25) is 9.59 Å². The standard InChI is InChI=1S/C19H20F2N2O3/c1-2-26-12-14-5-3-13(4-6-14)10-22-18(24)11-23-19(25)16-8-7-15(20)9-17(16)21/h3-9H,2,10-12H2,1H3,(H,22,24)(H,23,25). The molecule has 2 N–H and O–H groups in total. The van der Waals surface area contributed by atoms with Gasteiger partial charge in [0.05, 0.1) is 18.7 Å². The molecular weight excluding hydrogens is 342 g/mol. The number of rotatable bonds is 8. The maximum atomic E-state index is 13.5. The fraction of sp³-hybridized carbons (Fsp3) is 0.263. The van der Waals surface area contributed by atoms with Crippen molar-refractivity contribution in [1.82, 2.24) is 10.6 Å². The minimum absolute atomic E-state index is 0.300. The van der Waals surface area contributed by atoms with Gasteiger partial charge in [0.2, 0.25) is 5.91 Å². The van der Waals surface area contributed by atoms with Gasteiger partial charge >= 0.3 is 0 Å². The predicted molar refractivity (Wildman–Crippen MR) is 92.3 cm³/mol. The molecule has 0 unspecified atom stereocenters. The molecule has 2 aromatic rings. The van der Waals surface area contributed by atoms with Gasteiger partial charge in [0, 0.05) is 19.2 Å². The molecule has 7 heteroatoms. The van der Waals surface area contributed by atoms with Crippen LogP contribution in [0, 0.1) is 11.6 Å². The number of nitrogens with one attached hydrogen (secondary N) is 2. The Morgan fingerprint density at radius 3 is 2.35 bits per heavy atom. The maximum absolute atomic E-state index is 13.5. The number of carbonyl (C=O) groups excluding carboxylic acids is 2. The molecule has 0 aliphatic carbocycles. The van der Waals surface area contributed by atoms with Crippen LogP contribution >= 0.6 is 0 Å². The molecule has 0 heterocycles. The summed E-state index contributed by atoms with van der Waals surface area (Å²) >= 11 is 0. The lowest BCUT2D eigenvalue weighted by Gasteiger charge is -2.08. The highest BCUT2D eigenvalue weighted by molar-refractivity contribution is 5.96. The van der Waals surface area contributed by atoms with Crippen LogP contribution in [0.15, 0.2) is 42.5 Å². The first-order chi connectivity index (χ1) is 12.5. The van der Waals surface area contributed by atoms with E-state index in [1.165, 1.54) is 0 Å². The predicted octanol–water partition coefficient (Wildman–Crippen LogP) is 2.55. The lowest BCUT2D eigenvalue weighted by atomic mass is 10.1. The summed E-state index contributed by atoms with van der Waals surface area (Å²) in [6.45, 7) is 3.10. The SMILES string of the molecule is CCOCc1ccc(CNC(=O)CNC(=O)c2ccc(F)cc2F)cc1. The van der Waals surface area contributed by atoms with E-state index in [0.717, 1.165) is 23.3 Å². The number of benzene rings is 2. The number of hydrogen-bond acceptors (Lipinski definition) is 3. The molecule has 0 atom stereocenters. The van der Waals surface area contributed by atoms with Gasteiger partial charge in [-0.05, 0) is 30.2 Å². The third kappa shape index (κ3) is 5.93. The molecule has 2 aromatic carbocycles. The van der Waals surface area contributed by atoms with Gasteiger partial charge in [0.25, 0.3) is 5.91 Å². The molecule has 138 valence electrons. The molecule has 0 aromatic heterocycles. The van der Waals surface area contributed by atoms with Gasteiger partial charge in [-0.1, -0.05) is 24.3 Å². The third-order valence-electron chi connectivity index (χ3n) is 3.57. The average Bonchev–Trinajstić information content (AvgIpc) is 2.63. The van der Waals surface area contributed by atoms with Crippen LogP contribution in [-0.4, -0.2) is 25.0 Å². The molecule has 2 amide bonds. The van der Waals surface area contributed by atoms with Crippen molar-refractivity contribution in [3.63, 3.8) is 0 Å². The maximum Gasteiger partial charge on any atom is 0.254 e. The van der Waals surface area contributed by atoms with E-state index < -0.39 is 23.4 Å². The van der Waals surface area contributed by atoms with Crippen molar-refractivity contribution in [2.24, 2.45) is 0 Å². The first-order valence-corrected chi connectivity index (χ1v) is 8.15. The highest BCUT2D eigenvalue weighted by Crippen LogP contribution is 2.09. The summed E-state index contributed by atoms with van der Waals surface area (Å²) in [5.74, 6) is -2.95. The number of ether oxygens (including phenoxy) is 1. The minimum Gasteiger partial charge on any atom is -0.377 e. The topological polar surface area (TPSA) is 67.4 Å². The Morgan fingerprint density at radius 2 is 1.69 bits per heavy atom. The van der Waals surface area contributed by atoms with Gasteiger partial charge in [-0.25, -0.2) is 8.78 Å². The van der Waals surface area contributed by atoms with Crippen molar-refractivity contribution in [3.8, 4) is 0 Å². The molecule has 0 aliphatic rings. The lowest BCUT2D eigenvalue weighted by Crippen LogP contribution is -2.36. The summed E-state index contributed by atoms with van der Waals surface area (Å²) < 4.78 is 31.6. The van der Waals surface area contributed by atoms with Crippen molar-refractivity contribution in [1.29, 1.82) is 0 Å². The first-order valence-electron chi connectivity index (χ1n) is 8.15. The largest absolute Gasteiger partial charge is 0.377 e. The number of halogens is 2. The molecule has 0 spiro atoms. The second-order valence-corrected chi connectivity index (χ2v) is 5.54. The summed E-state index contributed by atoms with van der Waals surface area (Å²) in [6, 6.07) is 10.2. The van der Waals surface area contributed by atoms with E-state index >= 15 is 0 Å². The van der Waals surface area contributed by atoms with Gasteiger partial charge in [-0.15, -0.1) is 0 Å². The average molecular weight is 362 g/mol. The Labute approximate surface area is 150 Å². The quantitative estimate of drug-likeness (QED) is 0.758. The Kier molecular flexibility index (Phi) is 7.23. The van der Waals surface area contributed by atoms with Crippen molar-refractivity contribution < 1.29 is 23.1 Å². The summed E-state index contributed by atoms with van der Waals surface area (Å²) in [6.07, 6.45) is 0. The molecule has 26 heavy (non-hydrogen) atoms. The Bertz CT molecular complexity index is 764. The van der Waals surface area contributed by atoms with E-state index in [2.05, 4.69) is 10.6 Å². The number of amides is 2. The van der Waals surface area contributed by atoms with E-state index in [0.29, 0.717) is 25.8 Å². The second kappa shape index (κ2) is 9.62. The molecule has 2 rings (SSSR count). The van der Waals surface area contributed by atoms with Gasteiger partial charge in [0.1, 0.15) is 11.6 Å². The number of hydrogen-bond donors (Lipinski definition) is 2. The lowest BCUT2D eigenvalue weighted by molar-refractivity contribution is -0.120. The summed E-state index contributed by atoms with van der Waals surface area (Å²) in [5.41, 5.74) is 1.62. The van der Waals surface area contributed by atoms with Gasteiger partial charge in [-0.2, -0.15) is 0 Å². The second-order valence-electron chi connectivity index (χ2n) is 5.54. The minimum atomic E-state index is -0.977. The van der Waals surface area contributed by atoms with E-state index in [1.54, 1.807) is 0 Å². The highest BCUT2D eigenvalue weighted by atomic mass is 19.1. The van der Waals surface area contributed by atoms with Crippen LogP contribution < -0.4 is 10.6 Å². The molecule has 0 saturated heterocycles. The van der Waals surface area contributed by atoms with Crippen LogP contribution in [0.3, 0.4) is 0 Å². The van der Waals surface area contributed by atoms with Gasteiger partial charge in [0.15, 0.2) is 0 Å². The van der Waals surface area contributed by atoms with Gasteiger partial charge < -0.3 is 15.4 Å². The van der Waals surface area contributed by atoms with Crippen LogP contribution in [0.25, 0.3) is 0 Å². The van der Waals surface area contributed by atoms with Crippen molar-refractivity contribution in [2.45, 2.75) is 20.1 Å². The third-order valence-corrected chi connectivity index (χ3v) is 3.57. The van der Waals surface area contributed by atoms with Crippen molar-refractivity contribution >= 4 is 11.8 Å². The molecular formula is C19H20F2N2O3. The van der Waals surface area contributed by atoms with Crippen LogP contribution in [0.4, 0.5) is 8.78 Å². The fourth-order valence-electron chi connectivity index (χ4n) is 2.17. The normalized spacial score (nSPS) is 10.4. The first kappa shape index (κ1) is 19.5. The zero-order valence-corrected chi connectivity index (χ0v) is 14.4. The molecule has 5 nitrogen and oxygen atoms in total. The molecule has 0 saturated carbocycles. The zero-order valence-electron chi connectivity index (χ0n) is 14.4. The fourth-order valence-corrected chi connectivity index (χ4v) is 2.17. The molecule has 0 aliphatic heterocycles. The van der Waals surface area contributed by atoms with Crippen molar-refractivity contribution in [3.05, 3.63) is 70.8 Å². The van der Waals surface area contributed by atoms with E-state index in [1.807, 2.05) is 31.2 Å². The van der Waals surface area contributed by atoms with E-state index in [9.17, 15) is 18.4 Å². The summed E-state index contributed by atoms with van der Waals surface area (Å²) in [7, 11) is 0. The monoisotopic (exact) mass is 362 g/mol. The highest BCUT2D eigenvalue weighted by Gasteiger charge is 2.13. The molecule has 0 bridgehead atoms. The Morgan fingerprint density at radius 1 is 1.00 bits per heavy atom. The molecule has 0 fully saturated rings.